The largest absolute Gasteiger partial charge is 0.497 e. The van der Waals surface area contributed by atoms with Gasteiger partial charge in [-0.25, -0.2) is 0 Å². The standard InChI is InChI=1S/C25H32N2O4/c1-5-31-24-8-6-18(13-19(24)7-9-25-26-10-11-27-25)23(28)12-17(2)20-14-21(29-3)16-22(15-20)30-4/h6,8,13-17H,5,7,9-12H2,1-4H3,(H,26,27). The number of rotatable bonds is 11. The highest BCUT2D eigenvalue weighted by molar-refractivity contribution is 5.97. The van der Waals surface area contributed by atoms with Crippen LogP contribution in [0.2, 0.25) is 0 Å². The van der Waals surface area contributed by atoms with Crippen LogP contribution in [-0.2, 0) is 6.42 Å². The average Bonchev–Trinajstić information content (AvgIpc) is 3.31. The van der Waals surface area contributed by atoms with E-state index in [-0.39, 0.29) is 11.7 Å². The Hall–Kier alpha value is -3.02. The molecule has 166 valence electrons. The van der Waals surface area contributed by atoms with Gasteiger partial charge < -0.3 is 19.5 Å². The predicted molar refractivity (Wildman–Crippen MR) is 123 cm³/mol. The SMILES string of the molecule is CCOc1ccc(C(=O)CC(C)c2cc(OC)cc(OC)c2)cc1CCC1=NCCN1. The Morgan fingerprint density at radius 3 is 2.45 bits per heavy atom. The summed E-state index contributed by atoms with van der Waals surface area (Å²) in [7, 11) is 3.25. The second-order valence-electron chi connectivity index (χ2n) is 7.69. The fourth-order valence-electron chi connectivity index (χ4n) is 3.74. The summed E-state index contributed by atoms with van der Waals surface area (Å²) in [5.41, 5.74) is 2.77. The Balaban J connectivity index is 1.75. The van der Waals surface area contributed by atoms with Crippen LogP contribution < -0.4 is 19.5 Å². The monoisotopic (exact) mass is 424 g/mol. The number of carbonyl (C=O) groups excluding carboxylic acids is 1. The molecule has 1 heterocycles. The zero-order valence-electron chi connectivity index (χ0n) is 18.9. The second-order valence-corrected chi connectivity index (χ2v) is 7.69. The van der Waals surface area contributed by atoms with Crippen LogP contribution in [0.25, 0.3) is 0 Å². The van der Waals surface area contributed by atoms with Crippen LogP contribution in [0.4, 0.5) is 0 Å². The van der Waals surface area contributed by atoms with Crippen LogP contribution in [0, 0.1) is 0 Å². The molecule has 0 spiro atoms. The first-order chi connectivity index (χ1) is 15.0. The molecular weight excluding hydrogens is 392 g/mol. The quantitative estimate of drug-likeness (QED) is 0.541. The number of amidine groups is 1. The van der Waals surface area contributed by atoms with Gasteiger partial charge in [-0.2, -0.15) is 0 Å². The normalized spacial score (nSPS) is 13.9. The Kier molecular flexibility index (Phi) is 7.93. The van der Waals surface area contributed by atoms with E-state index in [4.69, 9.17) is 14.2 Å². The number of nitrogens with zero attached hydrogens (tertiary/aromatic N) is 1. The smallest absolute Gasteiger partial charge is 0.163 e. The molecule has 0 amide bonds. The highest BCUT2D eigenvalue weighted by Crippen LogP contribution is 2.30. The molecule has 1 atom stereocenters. The van der Waals surface area contributed by atoms with E-state index < -0.39 is 0 Å². The summed E-state index contributed by atoms with van der Waals surface area (Å²) >= 11 is 0. The van der Waals surface area contributed by atoms with E-state index in [1.54, 1.807) is 14.2 Å². The molecule has 1 unspecified atom stereocenters. The second kappa shape index (κ2) is 10.8. The van der Waals surface area contributed by atoms with E-state index in [1.165, 1.54) is 0 Å². The van der Waals surface area contributed by atoms with E-state index in [0.29, 0.717) is 18.6 Å². The number of methoxy groups -OCH3 is 2. The minimum Gasteiger partial charge on any atom is -0.497 e. The number of hydrogen-bond donors (Lipinski definition) is 1. The number of benzene rings is 2. The Bertz CT molecular complexity index is 917. The fourth-order valence-corrected chi connectivity index (χ4v) is 3.74. The molecule has 0 saturated heterocycles. The summed E-state index contributed by atoms with van der Waals surface area (Å²) in [5, 5.41) is 3.30. The topological polar surface area (TPSA) is 69.2 Å². The molecule has 0 fully saturated rings. The number of hydrogen-bond acceptors (Lipinski definition) is 6. The van der Waals surface area contributed by atoms with Crippen molar-refractivity contribution in [3.63, 3.8) is 0 Å². The molecule has 6 heteroatoms. The zero-order chi connectivity index (χ0) is 22.2. The van der Waals surface area contributed by atoms with Gasteiger partial charge in [0.05, 0.1) is 33.2 Å². The molecular formula is C25H32N2O4. The lowest BCUT2D eigenvalue weighted by Gasteiger charge is -2.16. The summed E-state index contributed by atoms with van der Waals surface area (Å²) in [6.45, 7) is 6.34. The Morgan fingerprint density at radius 1 is 1.10 bits per heavy atom. The molecule has 2 aromatic rings. The van der Waals surface area contributed by atoms with Gasteiger partial charge in [0.1, 0.15) is 17.2 Å². The van der Waals surface area contributed by atoms with E-state index >= 15 is 0 Å². The van der Waals surface area contributed by atoms with Gasteiger partial charge in [0.15, 0.2) is 5.78 Å². The summed E-state index contributed by atoms with van der Waals surface area (Å²) in [4.78, 5) is 17.5. The van der Waals surface area contributed by atoms with Crippen LogP contribution in [0.15, 0.2) is 41.4 Å². The summed E-state index contributed by atoms with van der Waals surface area (Å²) in [5.74, 6) is 3.45. The van der Waals surface area contributed by atoms with Gasteiger partial charge >= 0.3 is 0 Å². The molecule has 0 bridgehead atoms. The maximum Gasteiger partial charge on any atom is 0.163 e. The molecule has 1 aliphatic heterocycles. The van der Waals surface area contributed by atoms with E-state index in [1.807, 2.05) is 50.2 Å². The fraction of sp³-hybridized carbons (Fsp3) is 0.440. The number of carbonyl (C=O) groups is 1. The van der Waals surface area contributed by atoms with Crippen molar-refractivity contribution in [1.29, 1.82) is 0 Å². The third kappa shape index (κ3) is 6.00. The molecule has 0 aliphatic carbocycles. The predicted octanol–water partition coefficient (Wildman–Crippen LogP) is 4.41. The van der Waals surface area contributed by atoms with Crippen molar-refractivity contribution in [3.8, 4) is 17.2 Å². The van der Waals surface area contributed by atoms with Gasteiger partial charge in [-0.1, -0.05) is 6.92 Å². The number of aryl methyl sites for hydroxylation is 1. The number of Topliss-reactive ketones (excluding diaryl/α,β-unsaturated/α-hetero) is 1. The average molecular weight is 425 g/mol. The summed E-state index contributed by atoms with van der Waals surface area (Å²) in [6, 6.07) is 11.5. The lowest BCUT2D eigenvalue weighted by molar-refractivity contribution is 0.0975. The maximum atomic E-state index is 13.1. The van der Waals surface area contributed by atoms with Gasteiger partial charge in [-0.15, -0.1) is 0 Å². The first-order valence-electron chi connectivity index (χ1n) is 10.8. The number of aliphatic imine (C=N–C) groups is 1. The lowest BCUT2D eigenvalue weighted by Crippen LogP contribution is -2.19. The molecule has 0 radical (unpaired) electrons. The van der Waals surface area contributed by atoms with Crippen LogP contribution in [0.3, 0.4) is 0 Å². The van der Waals surface area contributed by atoms with Gasteiger partial charge in [0.2, 0.25) is 0 Å². The third-order valence-corrected chi connectivity index (χ3v) is 5.49. The lowest BCUT2D eigenvalue weighted by atomic mass is 9.92. The van der Waals surface area contributed by atoms with Gasteiger partial charge in [-0.05, 0) is 60.7 Å². The van der Waals surface area contributed by atoms with Crippen molar-refractivity contribution >= 4 is 11.6 Å². The van der Waals surface area contributed by atoms with Crippen molar-refractivity contribution in [2.24, 2.45) is 4.99 Å². The number of ether oxygens (including phenoxy) is 3. The maximum absolute atomic E-state index is 13.1. The van der Waals surface area contributed by atoms with Crippen molar-refractivity contribution in [1.82, 2.24) is 5.32 Å². The Morgan fingerprint density at radius 2 is 1.84 bits per heavy atom. The first-order valence-corrected chi connectivity index (χ1v) is 10.8. The molecule has 6 nitrogen and oxygen atoms in total. The number of nitrogens with one attached hydrogen (secondary N) is 1. The highest BCUT2D eigenvalue weighted by atomic mass is 16.5. The molecule has 0 saturated carbocycles. The molecule has 1 aliphatic rings. The van der Waals surface area contributed by atoms with Crippen molar-refractivity contribution < 1.29 is 19.0 Å². The molecule has 3 rings (SSSR count). The van der Waals surface area contributed by atoms with Gasteiger partial charge in [0.25, 0.3) is 0 Å². The molecule has 31 heavy (non-hydrogen) atoms. The van der Waals surface area contributed by atoms with Crippen molar-refractivity contribution in [2.45, 2.75) is 39.0 Å². The van der Waals surface area contributed by atoms with Crippen molar-refractivity contribution in [2.75, 3.05) is 33.9 Å². The minimum atomic E-state index is 0.0311. The first kappa shape index (κ1) is 22.7. The number of ketones is 1. The van der Waals surface area contributed by atoms with E-state index in [0.717, 1.165) is 60.1 Å². The third-order valence-electron chi connectivity index (χ3n) is 5.49. The zero-order valence-corrected chi connectivity index (χ0v) is 18.9. The van der Waals surface area contributed by atoms with Crippen LogP contribution in [0.5, 0.6) is 17.2 Å². The Labute approximate surface area is 184 Å². The minimum absolute atomic E-state index is 0.0311. The highest BCUT2D eigenvalue weighted by Gasteiger charge is 2.17. The van der Waals surface area contributed by atoms with Crippen LogP contribution >= 0.6 is 0 Å². The van der Waals surface area contributed by atoms with Gasteiger partial charge in [0, 0.05) is 31.0 Å². The molecule has 1 N–H and O–H groups in total. The van der Waals surface area contributed by atoms with Crippen molar-refractivity contribution in [3.05, 3.63) is 53.1 Å². The van der Waals surface area contributed by atoms with E-state index in [2.05, 4.69) is 10.3 Å². The summed E-state index contributed by atoms with van der Waals surface area (Å²) in [6.07, 6.45) is 2.00. The molecule has 2 aromatic carbocycles. The molecule has 0 aromatic heterocycles. The van der Waals surface area contributed by atoms with Crippen LogP contribution in [-0.4, -0.2) is 45.5 Å². The van der Waals surface area contributed by atoms with Gasteiger partial charge in [-0.3, -0.25) is 9.79 Å². The van der Waals surface area contributed by atoms with E-state index in [9.17, 15) is 4.79 Å². The van der Waals surface area contributed by atoms with Crippen LogP contribution in [0.1, 0.15) is 54.1 Å². The summed E-state index contributed by atoms with van der Waals surface area (Å²) < 4.78 is 16.5.